The lowest BCUT2D eigenvalue weighted by Crippen LogP contribution is -2.74. The van der Waals surface area contributed by atoms with Crippen molar-refractivity contribution in [1.82, 2.24) is 10.2 Å². The van der Waals surface area contributed by atoms with Crippen molar-refractivity contribution in [2.45, 2.75) is 27.5 Å². The molecule has 1 unspecified atom stereocenters. The normalized spacial score (nSPS) is 25.2. The van der Waals surface area contributed by atoms with Crippen molar-refractivity contribution in [2.75, 3.05) is 12.3 Å². The number of carbonyl (C=O) groups is 3. The number of aliphatic carboxylic acids is 1. The van der Waals surface area contributed by atoms with E-state index in [1.165, 1.54) is 23.5 Å². The van der Waals surface area contributed by atoms with Crippen molar-refractivity contribution in [3.05, 3.63) is 63.7 Å². The lowest BCUT2D eigenvalue weighted by molar-refractivity contribution is -0.152. The summed E-state index contributed by atoms with van der Waals surface area (Å²) in [6, 6.07) is 16.4. The summed E-state index contributed by atoms with van der Waals surface area (Å²) in [5, 5.41) is 12.6. The molecule has 2 aliphatic rings. The van der Waals surface area contributed by atoms with Gasteiger partial charge in [-0.1, -0.05) is 30.3 Å². The molecule has 4 rings (SSSR count). The molecule has 9 heteroatoms. The van der Waals surface area contributed by atoms with Crippen LogP contribution in [0.1, 0.15) is 5.56 Å². The summed E-state index contributed by atoms with van der Waals surface area (Å²) in [5.74, 6) is -0.995. The van der Waals surface area contributed by atoms with Crippen LogP contribution in [0.2, 0.25) is 0 Å². The maximum absolute atomic E-state index is 12.7. The second kappa shape index (κ2) is 8.80. The highest BCUT2D eigenvalue weighted by Crippen LogP contribution is 2.46. The van der Waals surface area contributed by atoms with E-state index in [9.17, 15) is 19.5 Å². The molecule has 2 heterocycles. The fourth-order valence-electron chi connectivity index (χ4n) is 3.52. The summed E-state index contributed by atoms with van der Waals surface area (Å²) in [6.07, 6.45) is 0.212. The first-order valence-corrected chi connectivity index (χ1v) is 12.3. The zero-order valence-corrected chi connectivity index (χ0v) is 19.6. The highest BCUT2D eigenvalue weighted by Gasteiger charge is 2.57. The third kappa shape index (κ3) is 4.33. The monoisotopic (exact) mass is 554 g/mol. The van der Waals surface area contributed by atoms with Gasteiger partial charge in [-0.15, -0.1) is 23.5 Å². The molecule has 3 atom stereocenters. The summed E-state index contributed by atoms with van der Waals surface area (Å²) >= 11 is 4.90. The van der Waals surface area contributed by atoms with Crippen molar-refractivity contribution >= 4 is 63.9 Å². The quantitative estimate of drug-likeness (QED) is 0.422. The molecule has 2 aromatic rings. The van der Waals surface area contributed by atoms with Gasteiger partial charge in [0.25, 0.3) is 0 Å². The first-order valence-electron chi connectivity index (χ1n) is 9.31. The standard InChI is InChI=1S/C21H19IN2O4S2/c22-14-6-8-15(9-7-14)30-21(20(27)28)11-24-18(26)17(19(24)29-12-21)23-16(25)10-13-4-2-1-3-5-13/h1-9,17,19H,10-12H2,(H,23,25)(H,27,28)/t17-,19-,21?/m1/s1. The molecule has 2 amide bonds. The number of fused-ring (bicyclic) bond motifs is 1. The van der Waals surface area contributed by atoms with E-state index in [4.69, 9.17) is 0 Å². The van der Waals surface area contributed by atoms with Crippen LogP contribution in [0.5, 0.6) is 0 Å². The number of nitrogens with zero attached hydrogens (tertiary/aromatic N) is 1. The Kier molecular flexibility index (Phi) is 6.31. The molecule has 0 radical (unpaired) electrons. The first-order chi connectivity index (χ1) is 14.4. The molecule has 2 aromatic carbocycles. The molecule has 2 fully saturated rings. The smallest absolute Gasteiger partial charge is 0.322 e. The summed E-state index contributed by atoms with van der Waals surface area (Å²) in [6.45, 7) is 0.126. The summed E-state index contributed by atoms with van der Waals surface area (Å²) in [7, 11) is 0. The van der Waals surface area contributed by atoms with Gasteiger partial charge in [-0.25, -0.2) is 0 Å². The van der Waals surface area contributed by atoms with Gasteiger partial charge in [-0.05, 0) is 52.4 Å². The van der Waals surface area contributed by atoms with E-state index in [0.717, 1.165) is 14.0 Å². The number of benzene rings is 2. The average Bonchev–Trinajstić information content (AvgIpc) is 2.74. The van der Waals surface area contributed by atoms with Gasteiger partial charge in [0.05, 0.1) is 6.42 Å². The average molecular weight is 554 g/mol. The van der Waals surface area contributed by atoms with Gasteiger partial charge >= 0.3 is 5.97 Å². The van der Waals surface area contributed by atoms with Gasteiger partial charge in [-0.3, -0.25) is 14.4 Å². The van der Waals surface area contributed by atoms with E-state index in [0.29, 0.717) is 5.75 Å². The number of amides is 2. The van der Waals surface area contributed by atoms with Gasteiger partial charge < -0.3 is 15.3 Å². The van der Waals surface area contributed by atoms with E-state index < -0.39 is 16.8 Å². The van der Waals surface area contributed by atoms with Crippen molar-refractivity contribution in [2.24, 2.45) is 0 Å². The zero-order chi connectivity index (χ0) is 21.3. The maximum Gasteiger partial charge on any atom is 0.322 e. The molecule has 0 aliphatic carbocycles. The lowest BCUT2D eigenvalue weighted by Gasteiger charge is -2.53. The van der Waals surface area contributed by atoms with E-state index >= 15 is 0 Å². The summed E-state index contributed by atoms with van der Waals surface area (Å²) < 4.78 is -0.0331. The predicted molar refractivity (Wildman–Crippen MR) is 125 cm³/mol. The number of rotatable bonds is 6. The largest absolute Gasteiger partial charge is 0.480 e. The minimum atomic E-state index is -1.11. The van der Waals surface area contributed by atoms with Gasteiger partial charge in [-0.2, -0.15) is 0 Å². The molecule has 2 saturated heterocycles. The highest BCUT2D eigenvalue weighted by atomic mass is 127. The Hall–Kier alpha value is -1.72. The van der Waals surface area contributed by atoms with Crippen LogP contribution in [0, 0.1) is 3.57 Å². The maximum atomic E-state index is 12.7. The molecule has 2 aliphatic heterocycles. The van der Waals surface area contributed by atoms with Crippen LogP contribution in [-0.4, -0.2) is 56.3 Å². The van der Waals surface area contributed by atoms with Gasteiger partial charge in [0.1, 0.15) is 16.2 Å². The SMILES string of the molecule is O=C(Cc1ccccc1)N[C@@H]1C(=O)N2CC(Sc3ccc(I)cc3)(C(=O)O)CS[C@H]12. The number of β-lactam (4-membered cyclic amide) rings is 1. The van der Waals surface area contributed by atoms with E-state index in [-0.39, 0.29) is 30.2 Å². The van der Waals surface area contributed by atoms with E-state index in [2.05, 4.69) is 27.9 Å². The van der Waals surface area contributed by atoms with Crippen LogP contribution in [-0.2, 0) is 20.8 Å². The molecular weight excluding hydrogens is 535 g/mol. The molecule has 0 saturated carbocycles. The Morgan fingerprint density at radius 2 is 1.90 bits per heavy atom. The Bertz CT molecular complexity index is 973. The zero-order valence-electron chi connectivity index (χ0n) is 15.8. The fraction of sp³-hybridized carbons (Fsp3) is 0.286. The highest BCUT2D eigenvalue weighted by molar-refractivity contribution is 14.1. The minimum Gasteiger partial charge on any atom is -0.480 e. The molecule has 0 spiro atoms. The fourth-order valence-corrected chi connectivity index (χ4v) is 6.72. The minimum absolute atomic E-state index is 0.126. The Morgan fingerprint density at radius 3 is 2.57 bits per heavy atom. The van der Waals surface area contributed by atoms with Crippen molar-refractivity contribution in [3.63, 3.8) is 0 Å². The van der Waals surface area contributed by atoms with Crippen LogP contribution in [0.25, 0.3) is 0 Å². The number of carboxylic acid groups (broad SMARTS) is 1. The Labute approximate surface area is 196 Å². The molecular formula is C21H19IN2O4S2. The van der Waals surface area contributed by atoms with Gasteiger partial charge in [0, 0.05) is 20.8 Å². The number of hydrogen-bond acceptors (Lipinski definition) is 5. The van der Waals surface area contributed by atoms with Gasteiger partial charge in [0.2, 0.25) is 11.8 Å². The third-order valence-corrected chi connectivity index (χ3v) is 8.87. The Balaban J connectivity index is 1.41. The van der Waals surface area contributed by atoms with Crippen molar-refractivity contribution in [3.8, 4) is 0 Å². The van der Waals surface area contributed by atoms with E-state index in [1.807, 2.05) is 54.6 Å². The van der Waals surface area contributed by atoms with Crippen LogP contribution in [0.3, 0.4) is 0 Å². The number of halogens is 1. The Morgan fingerprint density at radius 1 is 1.20 bits per heavy atom. The number of carboxylic acids is 1. The number of nitrogens with one attached hydrogen (secondary N) is 1. The first kappa shape index (κ1) is 21.5. The summed E-state index contributed by atoms with van der Waals surface area (Å²) in [4.78, 5) is 39.6. The summed E-state index contributed by atoms with van der Waals surface area (Å²) in [5.41, 5.74) is 0.883. The molecule has 30 heavy (non-hydrogen) atoms. The van der Waals surface area contributed by atoms with Crippen molar-refractivity contribution < 1.29 is 19.5 Å². The molecule has 156 valence electrons. The third-order valence-electron chi connectivity index (χ3n) is 5.10. The second-order valence-electron chi connectivity index (χ2n) is 7.23. The van der Waals surface area contributed by atoms with Crippen molar-refractivity contribution in [1.29, 1.82) is 0 Å². The molecule has 0 bridgehead atoms. The van der Waals surface area contributed by atoms with Crippen LogP contribution >= 0.6 is 46.1 Å². The second-order valence-corrected chi connectivity index (χ2v) is 11.0. The topological polar surface area (TPSA) is 86.7 Å². The number of thioether (sulfide) groups is 2. The van der Waals surface area contributed by atoms with Crippen LogP contribution < -0.4 is 5.32 Å². The molecule has 6 nitrogen and oxygen atoms in total. The number of hydrogen-bond donors (Lipinski definition) is 2. The number of carbonyl (C=O) groups excluding carboxylic acids is 2. The molecule has 0 aromatic heterocycles. The van der Waals surface area contributed by atoms with E-state index in [1.54, 1.807) is 4.90 Å². The van der Waals surface area contributed by atoms with Gasteiger partial charge in [0.15, 0.2) is 0 Å². The van der Waals surface area contributed by atoms with Crippen LogP contribution in [0.15, 0.2) is 59.5 Å². The lowest BCUT2D eigenvalue weighted by atomic mass is 10.0. The van der Waals surface area contributed by atoms with Crippen LogP contribution in [0.4, 0.5) is 0 Å². The predicted octanol–water partition coefficient (Wildman–Crippen LogP) is 2.85. The molecule has 2 N–H and O–H groups in total.